The van der Waals surface area contributed by atoms with Gasteiger partial charge in [0, 0.05) is 12.1 Å². The first-order chi connectivity index (χ1) is 12.5. The van der Waals surface area contributed by atoms with Crippen LogP contribution in [0.15, 0.2) is 27.7 Å². The summed E-state index contributed by atoms with van der Waals surface area (Å²) in [6.45, 7) is 3.93. The summed E-state index contributed by atoms with van der Waals surface area (Å²) in [6.07, 6.45) is 1.72. The number of aromatic nitrogens is 2. The smallest absolute Gasteiger partial charge is 0.263 e. The van der Waals surface area contributed by atoms with Gasteiger partial charge in [-0.15, -0.1) is 0 Å². The number of hydrogen-bond acceptors (Lipinski definition) is 8. The van der Waals surface area contributed by atoms with Crippen LogP contribution in [0.2, 0.25) is 0 Å². The molecular formula is C16H15N3O5S2. The van der Waals surface area contributed by atoms with Crippen molar-refractivity contribution in [2.24, 2.45) is 0 Å². The molecule has 8 nitrogen and oxygen atoms in total. The van der Waals surface area contributed by atoms with Crippen LogP contribution < -0.4 is 19.7 Å². The molecule has 10 heteroatoms. The van der Waals surface area contributed by atoms with Crippen LogP contribution in [0.25, 0.3) is 6.08 Å². The quantitative estimate of drug-likeness (QED) is 0.452. The summed E-state index contributed by atoms with van der Waals surface area (Å²) >= 11 is 6.19. The second kappa shape index (κ2) is 7.75. The monoisotopic (exact) mass is 393 g/mol. The maximum absolute atomic E-state index is 11.8. The lowest BCUT2D eigenvalue weighted by atomic mass is 10.2. The van der Waals surface area contributed by atoms with Crippen LogP contribution in [-0.2, 0) is 11.4 Å². The number of rotatable bonds is 6. The normalized spacial score (nSPS) is 15.4. The molecule has 2 heterocycles. The van der Waals surface area contributed by atoms with E-state index in [1.54, 1.807) is 31.2 Å². The number of ether oxygens (including phenoxy) is 2. The molecule has 1 aromatic carbocycles. The van der Waals surface area contributed by atoms with E-state index in [0.29, 0.717) is 37.9 Å². The summed E-state index contributed by atoms with van der Waals surface area (Å²) in [6, 6.07) is 5.25. The molecule has 3 rings (SSSR count). The molecule has 26 heavy (non-hydrogen) atoms. The third-order valence-electron chi connectivity index (χ3n) is 3.46. The van der Waals surface area contributed by atoms with E-state index in [1.165, 1.54) is 11.8 Å². The van der Waals surface area contributed by atoms with Crippen molar-refractivity contribution >= 4 is 40.3 Å². The molecule has 0 bridgehead atoms. The van der Waals surface area contributed by atoms with Gasteiger partial charge in [0.15, 0.2) is 18.1 Å². The highest BCUT2D eigenvalue weighted by Gasteiger charge is 2.22. The predicted molar refractivity (Wildman–Crippen MR) is 98.5 cm³/mol. The number of carbonyl (C=O) groups excluding carboxylic acids is 1. The number of nitrogens with zero attached hydrogens (tertiary/aromatic N) is 2. The van der Waals surface area contributed by atoms with Gasteiger partial charge in [-0.1, -0.05) is 30.0 Å². The lowest BCUT2D eigenvalue weighted by Gasteiger charge is -2.12. The molecule has 1 aromatic heterocycles. The highest BCUT2D eigenvalue weighted by atomic mass is 32.2. The third-order valence-corrected chi connectivity index (χ3v) is 4.62. The zero-order valence-electron chi connectivity index (χ0n) is 14.0. The fraction of sp³-hybridized carbons (Fsp3) is 0.250. The number of aryl methyl sites for hydroxylation is 1. The van der Waals surface area contributed by atoms with Crippen LogP contribution in [0, 0.1) is 12.1 Å². The first kappa shape index (κ1) is 18.2. The second-order valence-electron chi connectivity index (χ2n) is 5.24. The van der Waals surface area contributed by atoms with Gasteiger partial charge < -0.3 is 20.0 Å². The number of benzene rings is 1. The fourth-order valence-corrected chi connectivity index (χ4v) is 3.25. The lowest BCUT2D eigenvalue weighted by molar-refractivity contribution is -0.808. The van der Waals surface area contributed by atoms with Gasteiger partial charge in [-0.3, -0.25) is 9.42 Å². The molecule has 0 radical (unpaired) electrons. The molecule has 2 aromatic rings. The van der Waals surface area contributed by atoms with Crippen LogP contribution >= 0.6 is 24.0 Å². The first-order valence-corrected chi connectivity index (χ1v) is 8.90. The topological polar surface area (TPSA) is 101 Å². The van der Waals surface area contributed by atoms with Crippen molar-refractivity contribution in [3.8, 4) is 11.5 Å². The largest absolute Gasteiger partial charge is 0.490 e. The number of nitrogens with one attached hydrogen (secondary N) is 1. The summed E-state index contributed by atoms with van der Waals surface area (Å²) in [5, 5.41) is 17.6. The molecule has 0 aliphatic carbocycles. The van der Waals surface area contributed by atoms with Gasteiger partial charge in [0.1, 0.15) is 4.32 Å². The van der Waals surface area contributed by atoms with Gasteiger partial charge in [0.05, 0.1) is 11.5 Å². The zero-order valence-corrected chi connectivity index (χ0v) is 15.6. The summed E-state index contributed by atoms with van der Waals surface area (Å²) in [7, 11) is 0. The molecule has 0 saturated carbocycles. The molecule has 136 valence electrons. The van der Waals surface area contributed by atoms with Crippen molar-refractivity contribution in [1.29, 1.82) is 0 Å². The summed E-state index contributed by atoms with van der Waals surface area (Å²) in [5.41, 5.74) is 1.51. The van der Waals surface area contributed by atoms with Gasteiger partial charge in [-0.25, -0.2) is 0 Å². The van der Waals surface area contributed by atoms with Crippen molar-refractivity contribution in [2.75, 3.05) is 6.61 Å². The molecule has 1 aliphatic heterocycles. The van der Waals surface area contributed by atoms with Gasteiger partial charge in [-0.05, 0) is 35.6 Å². The summed E-state index contributed by atoms with van der Waals surface area (Å²) in [5.74, 6) is 0.745. The highest BCUT2D eigenvalue weighted by Crippen LogP contribution is 2.32. The number of hydrogen-bond donors (Lipinski definition) is 1. The Bertz CT molecular complexity index is 875. The van der Waals surface area contributed by atoms with Gasteiger partial charge >= 0.3 is 0 Å². The summed E-state index contributed by atoms with van der Waals surface area (Å²) < 4.78 is 16.2. The molecule has 1 N–H and O–H groups in total. The third kappa shape index (κ3) is 3.97. The van der Waals surface area contributed by atoms with Crippen molar-refractivity contribution < 1.29 is 23.8 Å². The van der Waals surface area contributed by atoms with Crippen molar-refractivity contribution in [2.45, 2.75) is 20.5 Å². The second-order valence-corrected chi connectivity index (χ2v) is 6.96. The molecule has 1 saturated heterocycles. The Labute approximate surface area is 158 Å². The minimum Gasteiger partial charge on any atom is -0.490 e. The first-order valence-electron chi connectivity index (χ1n) is 7.67. The van der Waals surface area contributed by atoms with Crippen molar-refractivity contribution in [3.05, 3.63) is 45.3 Å². The highest BCUT2D eigenvalue weighted by molar-refractivity contribution is 8.26. The van der Waals surface area contributed by atoms with Crippen LogP contribution in [0.1, 0.15) is 23.9 Å². The van der Waals surface area contributed by atoms with E-state index in [-0.39, 0.29) is 18.2 Å². The van der Waals surface area contributed by atoms with Crippen LogP contribution in [0.4, 0.5) is 0 Å². The van der Waals surface area contributed by atoms with Crippen molar-refractivity contribution in [3.63, 3.8) is 0 Å². The Morgan fingerprint density at radius 3 is 2.85 bits per heavy atom. The number of thioether (sulfide) groups is 1. The van der Waals surface area contributed by atoms with Crippen LogP contribution in [-0.4, -0.2) is 22.0 Å². The number of thiocarbonyl (C=S) groups is 1. The Balaban J connectivity index is 1.82. The van der Waals surface area contributed by atoms with E-state index in [2.05, 4.69) is 15.1 Å². The maximum Gasteiger partial charge on any atom is 0.263 e. The molecule has 0 unspecified atom stereocenters. The average Bonchev–Trinajstić information content (AvgIpc) is 3.08. The molecular weight excluding hydrogens is 378 g/mol. The maximum atomic E-state index is 11.8. The SMILES string of the molecule is CCOc1cc(C=C2SC(=S)NC2=O)ccc1OCc1c(C)no[n+]1[O-]. The van der Waals surface area contributed by atoms with Crippen molar-refractivity contribution in [1.82, 2.24) is 10.5 Å². The van der Waals surface area contributed by atoms with E-state index in [9.17, 15) is 10.0 Å². The molecule has 0 atom stereocenters. The summed E-state index contributed by atoms with van der Waals surface area (Å²) in [4.78, 5) is 12.6. The lowest BCUT2D eigenvalue weighted by Crippen LogP contribution is -2.29. The Hall–Kier alpha value is -2.59. The molecule has 1 amide bonds. The van der Waals surface area contributed by atoms with E-state index >= 15 is 0 Å². The Morgan fingerprint density at radius 2 is 2.23 bits per heavy atom. The minimum atomic E-state index is -0.221. The Morgan fingerprint density at radius 1 is 1.42 bits per heavy atom. The number of amides is 1. The zero-order chi connectivity index (χ0) is 18.7. The fourth-order valence-electron chi connectivity index (χ4n) is 2.21. The molecule has 0 spiro atoms. The van der Waals surface area contributed by atoms with Gasteiger partial charge in [0.25, 0.3) is 5.91 Å². The minimum absolute atomic E-state index is 0.00806. The predicted octanol–water partition coefficient (Wildman–Crippen LogP) is 2.08. The standard InChI is InChI=1S/C16H15N3O5S2/c1-3-22-13-6-10(7-14-15(20)17-16(25)26-14)4-5-12(13)23-8-11-9(2)18-24-19(11)21/h4-7H,3,8H2,1-2H3,(H,17,20,25). The molecule has 1 aliphatic rings. The van der Waals surface area contributed by atoms with Gasteiger partial charge in [-0.2, -0.15) is 0 Å². The van der Waals surface area contributed by atoms with E-state index in [4.69, 9.17) is 21.7 Å². The van der Waals surface area contributed by atoms with E-state index in [1.807, 2.05) is 6.92 Å². The van der Waals surface area contributed by atoms with Crippen LogP contribution in [0.5, 0.6) is 11.5 Å². The average molecular weight is 393 g/mol. The molecule has 1 fully saturated rings. The van der Waals surface area contributed by atoms with Crippen LogP contribution in [0.3, 0.4) is 0 Å². The van der Waals surface area contributed by atoms with E-state index < -0.39 is 0 Å². The van der Waals surface area contributed by atoms with E-state index in [0.717, 1.165) is 5.56 Å². The number of carbonyl (C=O) groups is 1. The van der Waals surface area contributed by atoms with Gasteiger partial charge in [0.2, 0.25) is 11.4 Å². The Kier molecular flexibility index (Phi) is 5.43.